The lowest BCUT2D eigenvalue weighted by Gasteiger charge is -1.95. The lowest BCUT2D eigenvalue weighted by molar-refractivity contribution is 0.604. The highest BCUT2D eigenvalue weighted by Crippen LogP contribution is 2.10. The lowest BCUT2D eigenvalue weighted by Crippen LogP contribution is -1.94. The third-order valence-electron chi connectivity index (χ3n) is 1.39. The Labute approximate surface area is 72.5 Å². The lowest BCUT2D eigenvalue weighted by atomic mass is 10.5. The maximum atomic E-state index is 11.3. The maximum absolute atomic E-state index is 11.3. The van der Waals surface area contributed by atoms with E-state index in [1.165, 1.54) is 11.5 Å². The molecular weight excluding hydrogens is 173 g/mol. The van der Waals surface area contributed by atoms with Crippen LogP contribution in [-0.2, 0) is 9.84 Å². The highest BCUT2D eigenvalue weighted by atomic mass is 32.2. The van der Waals surface area contributed by atoms with Crippen LogP contribution in [0.5, 0.6) is 0 Å². The van der Waals surface area contributed by atoms with Gasteiger partial charge in [0.2, 0.25) is 0 Å². The fraction of sp³-hybridized carbons (Fsp3) is 0.111. The van der Waals surface area contributed by atoms with Gasteiger partial charge in [-0.3, -0.25) is 0 Å². The molecule has 0 unspecified atom stereocenters. The van der Waals surface area contributed by atoms with Crippen LogP contribution in [0, 0.1) is 0 Å². The molecule has 64 valence electrons. The molecule has 0 aliphatic rings. The summed E-state index contributed by atoms with van der Waals surface area (Å²) >= 11 is 0. The monoisotopic (exact) mass is 183 g/mol. The number of rotatable bonds is 2. The summed E-state index contributed by atoms with van der Waals surface area (Å²) in [5, 5.41) is 1.20. The summed E-state index contributed by atoms with van der Waals surface area (Å²) < 4.78 is 22.7. The van der Waals surface area contributed by atoms with Gasteiger partial charge in [0.05, 0.1) is 4.90 Å². The van der Waals surface area contributed by atoms with Crippen LogP contribution >= 0.6 is 0 Å². The summed E-state index contributed by atoms with van der Waals surface area (Å²) in [5.41, 5.74) is 0. The second kappa shape index (κ2) is 3.54. The first-order valence-corrected chi connectivity index (χ1v) is 5.14. The van der Waals surface area contributed by atoms with Gasteiger partial charge >= 0.3 is 0 Å². The molecule has 0 aliphatic heterocycles. The number of benzene rings is 1. The molecule has 0 saturated heterocycles. The van der Waals surface area contributed by atoms with Crippen molar-refractivity contribution in [3.8, 4) is 0 Å². The number of hydrogen-bond donors (Lipinski definition) is 0. The minimum atomic E-state index is -3.19. The van der Waals surface area contributed by atoms with Gasteiger partial charge in [-0.05, 0) is 19.1 Å². The van der Waals surface area contributed by atoms with Crippen molar-refractivity contribution in [2.75, 3.05) is 0 Å². The molecule has 0 N–H and O–H groups in total. The minimum absolute atomic E-state index is 0.336. The second-order valence-electron chi connectivity index (χ2n) is 2.33. The summed E-state index contributed by atoms with van der Waals surface area (Å²) in [6.07, 6.45) is 1.52. The van der Waals surface area contributed by atoms with E-state index >= 15 is 0 Å². The van der Waals surface area contributed by atoms with Crippen LogP contribution in [0.2, 0.25) is 0 Å². The van der Waals surface area contributed by atoms with Crippen LogP contribution in [0.4, 0.5) is 0 Å². The SMILES string of the molecule is CC=CS(=O)(=O)[13c]1ccccc1. The van der Waals surface area contributed by atoms with E-state index in [1.807, 2.05) is 0 Å². The summed E-state index contributed by atoms with van der Waals surface area (Å²) in [6.45, 7) is 1.68. The predicted octanol–water partition coefficient (Wildman–Crippen LogP) is 1.99. The van der Waals surface area contributed by atoms with Crippen molar-refractivity contribution >= 4 is 9.84 Å². The van der Waals surface area contributed by atoms with Gasteiger partial charge in [0, 0.05) is 5.41 Å². The molecule has 0 amide bonds. The smallest absolute Gasteiger partial charge is 0.199 e. The summed E-state index contributed by atoms with van der Waals surface area (Å²) in [4.78, 5) is 0.336. The van der Waals surface area contributed by atoms with Gasteiger partial charge in [-0.15, -0.1) is 0 Å². The first-order chi connectivity index (χ1) is 5.67. The average molecular weight is 183 g/mol. The molecule has 0 heterocycles. The molecule has 0 radical (unpaired) electrons. The zero-order valence-electron chi connectivity index (χ0n) is 6.77. The molecule has 0 aromatic heterocycles. The maximum Gasteiger partial charge on any atom is 0.199 e. The second-order valence-corrected chi connectivity index (χ2v) is 4.16. The molecule has 0 aliphatic carbocycles. The van der Waals surface area contributed by atoms with Crippen molar-refractivity contribution in [1.29, 1.82) is 0 Å². The van der Waals surface area contributed by atoms with Crippen LogP contribution in [0.3, 0.4) is 0 Å². The first-order valence-electron chi connectivity index (χ1n) is 3.59. The van der Waals surface area contributed by atoms with Gasteiger partial charge in [0.15, 0.2) is 9.84 Å². The van der Waals surface area contributed by atoms with Gasteiger partial charge in [0.1, 0.15) is 0 Å². The molecule has 2 nitrogen and oxygen atoms in total. The molecular formula is C9H10O2S. The van der Waals surface area contributed by atoms with Crippen molar-refractivity contribution in [1.82, 2.24) is 0 Å². The highest BCUT2D eigenvalue weighted by Gasteiger charge is 2.07. The number of hydrogen-bond acceptors (Lipinski definition) is 2. The Morgan fingerprint density at radius 2 is 1.75 bits per heavy atom. The van der Waals surface area contributed by atoms with Crippen LogP contribution in [0.1, 0.15) is 6.92 Å². The highest BCUT2D eigenvalue weighted by molar-refractivity contribution is 7.94. The molecule has 1 aromatic carbocycles. The Hall–Kier alpha value is -1.09. The first kappa shape index (κ1) is 9.00. The minimum Gasteiger partial charge on any atom is -0.219 e. The van der Waals surface area contributed by atoms with Crippen molar-refractivity contribution in [3.05, 3.63) is 41.8 Å². The third-order valence-corrected chi connectivity index (χ3v) is 2.95. The average Bonchev–Trinajstić information content (AvgIpc) is 2.06. The third kappa shape index (κ3) is 1.95. The molecule has 0 spiro atoms. The van der Waals surface area contributed by atoms with Crippen LogP contribution in [-0.4, -0.2) is 8.42 Å². The normalized spacial score (nSPS) is 12.1. The standard InChI is InChI=1S/C9H10O2S/c1-2-8-12(10,11)9-6-4-3-5-7-9/h2-8H,1H3/i9+1. The summed E-state index contributed by atoms with van der Waals surface area (Å²) in [7, 11) is -3.19. The largest absolute Gasteiger partial charge is 0.219 e. The Morgan fingerprint density at radius 3 is 2.25 bits per heavy atom. The Kier molecular flexibility index (Phi) is 2.65. The fourth-order valence-corrected chi connectivity index (χ4v) is 1.92. The molecule has 0 fully saturated rings. The van der Waals surface area contributed by atoms with Gasteiger partial charge in [-0.25, -0.2) is 8.42 Å². The zero-order chi connectivity index (χ0) is 9.03. The Bertz CT molecular complexity index is 363. The van der Waals surface area contributed by atoms with E-state index < -0.39 is 9.84 Å². The van der Waals surface area contributed by atoms with E-state index in [9.17, 15) is 8.42 Å². The van der Waals surface area contributed by atoms with Crippen molar-refractivity contribution in [2.45, 2.75) is 11.8 Å². The quantitative estimate of drug-likeness (QED) is 0.702. The van der Waals surface area contributed by atoms with Crippen molar-refractivity contribution in [2.24, 2.45) is 0 Å². The Balaban J connectivity index is 3.16. The van der Waals surface area contributed by atoms with Crippen molar-refractivity contribution in [3.63, 3.8) is 0 Å². The van der Waals surface area contributed by atoms with Gasteiger partial charge in [-0.1, -0.05) is 24.3 Å². The van der Waals surface area contributed by atoms with Gasteiger partial charge < -0.3 is 0 Å². The van der Waals surface area contributed by atoms with Crippen molar-refractivity contribution < 1.29 is 8.42 Å². The van der Waals surface area contributed by atoms with Gasteiger partial charge in [0.25, 0.3) is 0 Å². The molecule has 3 heteroatoms. The van der Waals surface area contributed by atoms with E-state index in [0.29, 0.717) is 4.90 Å². The molecule has 1 aromatic rings. The van der Waals surface area contributed by atoms with E-state index in [-0.39, 0.29) is 0 Å². The fourth-order valence-electron chi connectivity index (χ4n) is 0.868. The number of allylic oxidation sites excluding steroid dienone is 1. The van der Waals surface area contributed by atoms with Crippen LogP contribution < -0.4 is 0 Å². The molecule has 0 bridgehead atoms. The van der Waals surface area contributed by atoms with Gasteiger partial charge in [-0.2, -0.15) is 0 Å². The predicted molar refractivity (Wildman–Crippen MR) is 48.4 cm³/mol. The zero-order valence-corrected chi connectivity index (χ0v) is 7.58. The summed E-state index contributed by atoms with van der Waals surface area (Å²) in [5.74, 6) is 0. The summed E-state index contributed by atoms with van der Waals surface area (Å²) in [6, 6.07) is 8.35. The van der Waals surface area contributed by atoms with E-state index in [1.54, 1.807) is 37.3 Å². The molecule has 12 heavy (non-hydrogen) atoms. The topological polar surface area (TPSA) is 34.1 Å². The van der Waals surface area contributed by atoms with Crippen LogP contribution in [0.25, 0.3) is 0 Å². The van der Waals surface area contributed by atoms with E-state index in [4.69, 9.17) is 0 Å². The Morgan fingerprint density at radius 1 is 1.17 bits per heavy atom. The van der Waals surface area contributed by atoms with Crippen LogP contribution in [0.15, 0.2) is 46.7 Å². The molecule has 0 saturated carbocycles. The van der Waals surface area contributed by atoms with E-state index in [2.05, 4.69) is 0 Å². The number of sulfone groups is 1. The molecule has 1 rings (SSSR count). The molecule has 0 atom stereocenters. The van der Waals surface area contributed by atoms with E-state index in [0.717, 1.165) is 0 Å².